The van der Waals surface area contributed by atoms with Crippen LogP contribution in [0.4, 0.5) is 22.0 Å². The smallest absolute Gasteiger partial charge is 0.257 e. The van der Waals surface area contributed by atoms with Gasteiger partial charge in [0, 0.05) is 49.4 Å². The van der Waals surface area contributed by atoms with Crippen LogP contribution in [0.2, 0.25) is 0 Å². The predicted molar refractivity (Wildman–Crippen MR) is 162 cm³/mol. The Kier molecular flexibility index (Phi) is 11.0. The van der Waals surface area contributed by atoms with Crippen molar-refractivity contribution in [1.29, 1.82) is 0 Å². The molecule has 4 atom stereocenters. The summed E-state index contributed by atoms with van der Waals surface area (Å²) in [6.45, 7) is 3.11. The molecule has 2 heterocycles. The van der Waals surface area contributed by atoms with Crippen LogP contribution in [0, 0.1) is 35.0 Å². The second-order valence-corrected chi connectivity index (χ2v) is 11.5. The van der Waals surface area contributed by atoms with Gasteiger partial charge in [-0.2, -0.15) is 0 Å². The van der Waals surface area contributed by atoms with E-state index in [1.807, 2.05) is 49.5 Å². The number of nitrogens with one attached hydrogen (secondary N) is 1. The molecule has 7 nitrogen and oxygen atoms in total. The summed E-state index contributed by atoms with van der Waals surface area (Å²) in [6, 6.07) is 20.1. The van der Waals surface area contributed by atoms with E-state index in [4.69, 9.17) is 9.47 Å². The third-order valence-corrected chi connectivity index (χ3v) is 8.23. The Morgan fingerprint density at radius 2 is 1.47 bits per heavy atom. The topological polar surface area (TPSA) is 83.9 Å². The number of rotatable bonds is 11. The van der Waals surface area contributed by atoms with Crippen LogP contribution in [0.25, 0.3) is 0 Å². The average Bonchev–Trinajstić information content (AvgIpc) is 3.09. The maximum absolute atomic E-state index is 14.1. The summed E-state index contributed by atoms with van der Waals surface area (Å²) in [7, 11) is 2.02. The summed E-state index contributed by atoms with van der Waals surface area (Å²) in [5.41, 5.74) is 2.31. The molecule has 12 heteroatoms. The number of aliphatic hydroxyl groups is 1. The first kappa shape index (κ1) is 34.1. The minimum Gasteiger partial charge on any atom is -0.392 e. The summed E-state index contributed by atoms with van der Waals surface area (Å²) in [4.78, 5) is 19.0. The highest BCUT2D eigenvalue weighted by Gasteiger charge is 2.39. The third kappa shape index (κ3) is 7.84. The molecule has 5 rings (SSSR count). The van der Waals surface area contributed by atoms with Crippen molar-refractivity contribution < 1.29 is 41.3 Å². The molecule has 0 bridgehead atoms. The number of hydrogen-bond acceptors (Lipinski definition) is 6. The lowest BCUT2D eigenvalue weighted by atomic mass is 9.90. The molecule has 1 aliphatic rings. The number of likely N-dealkylation sites (N-methyl/N-ethyl adjacent to an activating group) is 1. The van der Waals surface area contributed by atoms with Crippen molar-refractivity contribution in [2.24, 2.45) is 5.92 Å². The molecule has 1 aliphatic heterocycles. The maximum Gasteiger partial charge on any atom is 0.257 e. The molecule has 0 radical (unpaired) electrons. The van der Waals surface area contributed by atoms with Crippen LogP contribution in [0.1, 0.15) is 57.6 Å². The summed E-state index contributed by atoms with van der Waals surface area (Å²) in [5.74, 6) is -12.6. The van der Waals surface area contributed by atoms with Gasteiger partial charge in [0.1, 0.15) is 5.56 Å². The molecule has 4 aromatic rings. The number of halogens is 5. The number of carbonyl (C=O) groups excluding carboxylic acids is 1. The quantitative estimate of drug-likeness (QED) is 0.114. The van der Waals surface area contributed by atoms with Gasteiger partial charge in [-0.3, -0.25) is 9.78 Å². The second kappa shape index (κ2) is 15.1. The van der Waals surface area contributed by atoms with E-state index < -0.39 is 46.8 Å². The lowest BCUT2D eigenvalue weighted by Gasteiger charge is -2.42. The van der Waals surface area contributed by atoms with Crippen LogP contribution < -0.4 is 5.32 Å². The first-order valence-electron chi connectivity index (χ1n) is 15.0. The number of benzene rings is 3. The molecule has 0 spiro atoms. The van der Waals surface area contributed by atoms with E-state index in [9.17, 15) is 31.9 Å². The zero-order chi connectivity index (χ0) is 33.7. The first-order chi connectivity index (χ1) is 22.6. The Balaban J connectivity index is 1.29. The molecule has 2 N–H and O–H groups in total. The van der Waals surface area contributed by atoms with Gasteiger partial charge in [-0.25, -0.2) is 22.0 Å². The minimum atomic E-state index is -2.34. The minimum absolute atomic E-state index is 0.0417. The van der Waals surface area contributed by atoms with E-state index in [0.29, 0.717) is 17.7 Å². The van der Waals surface area contributed by atoms with Gasteiger partial charge in [0.05, 0.1) is 18.8 Å². The highest BCUT2D eigenvalue weighted by atomic mass is 19.2. The van der Waals surface area contributed by atoms with Gasteiger partial charge in [0.25, 0.3) is 5.91 Å². The van der Waals surface area contributed by atoms with Crippen molar-refractivity contribution in [2.45, 2.75) is 45.0 Å². The van der Waals surface area contributed by atoms with E-state index in [1.54, 1.807) is 30.5 Å². The van der Waals surface area contributed by atoms with Crippen LogP contribution in [0.5, 0.6) is 0 Å². The Labute approximate surface area is 269 Å². The summed E-state index contributed by atoms with van der Waals surface area (Å²) in [5, 5.41) is 11.7. The van der Waals surface area contributed by atoms with E-state index in [-0.39, 0.29) is 31.3 Å². The number of carbonyl (C=O) groups is 1. The van der Waals surface area contributed by atoms with Crippen molar-refractivity contribution in [2.75, 3.05) is 20.1 Å². The summed E-state index contributed by atoms with van der Waals surface area (Å²) < 4.78 is 81.6. The number of ether oxygens (including phenoxy) is 2. The number of hydrogen-bond donors (Lipinski definition) is 2. The Bertz CT molecular complexity index is 1650. The molecular weight excluding hydrogens is 621 g/mol. The first-order valence-corrected chi connectivity index (χ1v) is 15.0. The fourth-order valence-electron chi connectivity index (χ4n) is 5.45. The fraction of sp³-hybridized carbons (Fsp3) is 0.314. The van der Waals surface area contributed by atoms with Gasteiger partial charge in [0.2, 0.25) is 5.82 Å². The maximum atomic E-state index is 14.1. The van der Waals surface area contributed by atoms with Gasteiger partial charge < -0.3 is 24.8 Å². The Hall–Kier alpha value is -4.23. The molecule has 0 unspecified atom stereocenters. The Morgan fingerprint density at radius 3 is 2.09 bits per heavy atom. The van der Waals surface area contributed by atoms with Gasteiger partial charge in [-0.15, -0.1) is 0 Å². The molecule has 0 aliphatic carbocycles. The monoisotopic (exact) mass is 655 g/mol. The number of aromatic nitrogens is 1. The van der Waals surface area contributed by atoms with Gasteiger partial charge in [-0.1, -0.05) is 61.5 Å². The number of pyridine rings is 1. The van der Waals surface area contributed by atoms with Gasteiger partial charge in [0.15, 0.2) is 29.6 Å². The van der Waals surface area contributed by atoms with Gasteiger partial charge >= 0.3 is 0 Å². The molecule has 47 heavy (non-hydrogen) atoms. The fourth-order valence-corrected chi connectivity index (χ4v) is 5.45. The largest absolute Gasteiger partial charge is 0.392 e. The second-order valence-electron chi connectivity index (χ2n) is 11.5. The van der Waals surface area contributed by atoms with Crippen LogP contribution in [-0.2, 0) is 29.0 Å². The van der Waals surface area contributed by atoms with Crippen molar-refractivity contribution in [3.8, 4) is 0 Å². The number of amides is 1. The van der Waals surface area contributed by atoms with E-state index >= 15 is 0 Å². The summed E-state index contributed by atoms with van der Waals surface area (Å²) in [6.07, 6.45) is 1.21. The van der Waals surface area contributed by atoms with Gasteiger partial charge in [-0.05, 0) is 35.9 Å². The number of nitrogens with zero attached hydrogens (tertiary/aromatic N) is 2. The molecule has 1 aromatic heterocycles. The van der Waals surface area contributed by atoms with Crippen LogP contribution >= 0.6 is 0 Å². The number of aliphatic hydroxyl groups excluding tert-OH is 1. The lowest BCUT2D eigenvalue weighted by molar-refractivity contribution is -0.275. The van der Waals surface area contributed by atoms with Crippen molar-refractivity contribution in [3.63, 3.8) is 0 Å². The molecule has 1 fully saturated rings. The molecule has 1 amide bonds. The van der Waals surface area contributed by atoms with E-state index in [1.165, 1.54) is 0 Å². The van der Waals surface area contributed by atoms with Crippen molar-refractivity contribution in [1.82, 2.24) is 15.2 Å². The SMILES string of the molecule is C[C@H]1[C@@H](CN(C)CCc2ccccn2)O[C@@H](c2ccc(CNC(=O)c3c(F)c(F)c(F)c(F)c3F)cc2)O[C@H]1c1ccc(CO)cc1. The van der Waals surface area contributed by atoms with E-state index in [2.05, 4.69) is 22.1 Å². The standard InChI is InChI=1S/C35H34F5N3O4/c1-20-26(18-43(2)16-14-25-5-3-4-15-41-25)46-35(47-33(20)23-10-8-22(19-44)9-11-23)24-12-6-21(7-13-24)17-42-34(45)27-28(36)30(38)32(40)31(39)29(27)37/h3-13,15,20,26,33,35,44H,14,16-19H2,1-2H3,(H,42,45)/t20-,26+,33+,35+/m0/s1. The molecule has 248 valence electrons. The van der Waals surface area contributed by atoms with Crippen LogP contribution in [0.15, 0.2) is 72.9 Å². The normalized spacial score (nSPS) is 19.6. The predicted octanol–water partition coefficient (Wildman–Crippen LogP) is 6.17. The Morgan fingerprint density at radius 1 is 0.851 bits per heavy atom. The summed E-state index contributed by atoms with van der Waals surface area (Å²) >= 11 is 0. The highest BCUT2D eigenvalue weighted by Crippen LogP contribution is 2.41. The van der Waals surface area contributed by atoms with Crippen LogP contribution in [0.3, 0.4) is 0 Å². The molecular formula is C35H34F5N3O4. The van der Waals surface area contributed by atoms with E-state index in [0.717, 1.165) is 29.8 Å². The third-order valence-electron chi connectivity index (χ3n) is 8.23. The highest BCUT2D eigenvalue weighted by molar-refractivity contribution is 5.94. The molecule has 3 aromatic carbocycles. The zero-order valence-electron chi connectivity index (χ0n) is 25.7. The zero-order valence-corrected chi connectivity index (χ0v) is 25.7. The average molecular weight is 656 g/mol. The molecule has 1 saturated heterocycles. The molecule has 0 saturated carbocycles. The van der Waals surface area contributed by atoms with Crippen molar-refractivity contribution >= 4 is 5.91 Å². The van der Waals surface area contributed by atoms with Crippen LogP contribution in [-0.4, -0.2) is 47.1 Å². The lowest BCUT2D eigenvalue weighted by Crippen LogP contribution is -2.43. The van der Waals surface area contributed by atoms with Crippen molar-refractivity contribution in [3.05, 3.63) is 136 Å².